The molecule has 4 heterocycles. The number of rotatable bonds is 3. The molecule has 0 unspecified atom stereocenters. The first-order valence-corrected chi connectivity index (χ1v) is 11.0. The minimum absolute atomic E-state index is 0.549. The highest BCUT2D eigenvalue weighted by Gasteiger charge is 2.28. The molecule has 2 aromatic rings. The second kappa shape index (κ2) is 7.06. The molecule has 5 nitrogen and oxygen atoms in total. The second-order valence-electron chi connectivity index (χ2n) is 8.25. The Bertz CT molecular complexity index is 772. The van der Waals surface area contributed by atoms with Crippen LogP contribution in [-0.4, -0.2) is 65.1 Å². The number of likely N-dealkylation sites (tertiary alicyclic amines) is 2. The molecular weight excluding hydrogens is 342 g/mol. The minimum Gasteiger partial charge on any atom is -0.367 e. The lowest BCUT2D eigenvalue weighted by Crippen LogP contribution is -2.48. The fraction of sp³-hybridized carbons (Fsp3) is 0.700. The average molecular weight is 372 g/mol. The predicted molar refractivity (Wildman–Crippen MR) is 108 cm³/mol. The van der Waals surface area contributed by atoms with Crippen LogP contribution in [0.5, 0.6) is 0 Å². The number of nitrogens with zero attached hydrogens (tertiary/aromatic N) is 4. The van der Waals surface area contributed by atoms with Gasteiger partial charge in [-0.3, -0.25) is 0 Å². The Morgan fingerprint density at radius 3 is 2.65 bits per heavy atom. The fourth-order valence-electron chi connectivity index (χ4n) is 5.00. The third kappa shape index (κ3) is 3.12. The van der Waals surface area contributed by atoms with Crippen molar-refractivity contribution in [3.63, 3.8) is 0 Å². The Kier molecular flexibility index (Phi) is 4.59. The highest BCUT2D eigenvalue weighted by atomic mass is 32.1. The molecule has 6 heteroatoms. The molecule has 5 rings (SSSR count). The highest BCUT2D eigenvalue weighted by molar-refractivity contribution is 7.19. The normalized spacial score (nSPS) is 23.6. The van der Waals surface area contributed by atoms with E-state index in [4.69, 9.17) is 0 Å². The molecule has 0 atom stereocenters. The van der Waals surface area contributed by atoms with Crippen LogP contribution in [0.2, 0.25) is 0 Å². The molecule has 1 N–H and O–H groups in total. The van der Waals surface area contributed by atoms with E-state index >= 15 is 0 Å². The van der Waals surface area contributed by atoms with Gasteiger partial charge in [-0.1, -0.05) is 0 Å². The number of aromatic nitrogens is 2. The summed E-state index contributed by atoms with van der Waals surface area (Å²) in [6, 6.07) is 1.35. The van der Waals surface area contributed by atoms with Gasteiger partial charge in [-0.15, -0.1) is 11.3 Å². The molecule has 1 aliphatic carbocycles. The third-order valence-corrected chi connectivity index (χ3v) is 7.78. The van der Waals surface area contributed by atoms with Gasteiger partial charge in [0.15, 0.2) is 0 Å². The maximum atomic E-state index is 4.63. The van der Waals surface area contributed by atoms with Crippen molar-refractivity contribution in [2.75, 3.05) is 38.5 Å². The van der Waals surface area contributed by atoms with Gasteiger partial charge in [-0.25, -0.2) is 9.97 Å². The molecule has 2 aromatic heterocycles. The van der Waals surface area contributed by atoms with Gasteiger partial charge in [-0.2, -0.15) is 0 Å². The largest absolute Gasteiger partial charge is 0.367 e. The molecule has 2 fully saturated rings. The number of hydrogen-bond donors (Lipinski definition) is 1. The van der Waals surface area contributed by atoms with Crippen molar-refractivity contribution in [3.8, 4) is 0 Å². The van der Waals surface area contributed by atoms with E-state index in [0.717, 1.165) is 11.9 Å². The first-order valence-electron chi connectivity index (χ1n) is 10.2. The first-order chi connectivity index (χ1) is 12.8. The quantitative estimate of drug-likeness (QED) is 0.898. The molecule has 0 aromatic carbocycles. The summed E-state index contributed by atoms with van der Waals surface area (Å²) in [4.78, 5) is 17.1. The molecule has 2 saturated heterocycles. The Morgan fingerprint density at radius 1 is 1.04 bits per heavy atom. The lowest BCUT2D eigenvalue weighted by atomic mass is 9.98. The maximum Gasteiger partial charge on any atom is 0.138 e. The summed E-state index contributed by atoms with van der Waals surface area (Å²) in [5.41, 5.74) is 1.52. The van der Waals surface area contributed by atoms with Crippen molar-refractivity contribution < 1.29 is 0 Å². The Hall–Kier alpha value is -1.24. The van der Waals surface area contributed by atoms with Crippen molar-refractivity contribution in [1.82, 2.24) is 19.8 Å². The summed E-state index contributed by atoms with van der Waals surface area (Å²) in [6.07, 6.45) is 10.6. The number of thiophene rings is 1. The Labute approximate surface area is 159 Å². The summed E-state index contributed by atoms with van der Waals surface area (Å²) in [5.74, 6) is 1.09. The SMILES string of the molecule is CN1CCC(N2CCC(Nc3ncnc4sc5c(c34)CCC5)CC2)CC1. The van der Waals surface area contributed by atoms with E-state index in [-0.39, 0.29) is 0 Å². The Balaban J connectivity index is 1.25. The van der Waals surface area contributed by atoms with E-state index in [2.05, 4.69) is 32.1 Å². The number of piperidine rings is 2. The average Bonchev–Trinajstić information content (AvgIpc) is 3.24. The smallest absolute Gasteiger partial charge is 0.138 e. The van der Waals surface area contributed by atoms with Crippen LogP contribution in [-0.2, 0) is 12.8 Å². The number of hydrogen-bond acceptors (Lipinski definition) is 6. The summed E-state index contributed by atoms with van der Waals surface area (Å²) < 4.78 is 0. The molecule has 0 amide bonds. The van der Waals surface area contributed by atoms with Gasteiger partial charge in [0, 0.05) is 30.1 Å². The van der Waals surface area contributed by atoms with Gasteiger partial charge in [0.2, 0.25) is 0 Å². The standard InChI is InChI=1S/C20H29N5S/c1-24-9-7-15(8-10-24)25-11-5-14(6-12-25)23-19-18-16-3-2-4-17(16)26-20(18)22-13-21-19/h13-15H,2-12H2,1H3,(H,21,22,23). The lowest BCUT2D eigenvalue weighted by Gasteiger charge is -2.41. The van der Waals surface area contributed by atoms with E-state index in [1.54, 1.807) is 11.2 Å². The van der Waals surface area contributed by atoms with Crippen LogP contribution in [0.25, 0.3) is 10.2 Å². The first kappa shape index (κ1) is 16.9. The third-order valence-electron chi connectivity index (χ3n) is 6.58. The van der Waals surface area contributed by atoms with Gasteiger partial charge >= 0.3 is 0 Å². The lowest BCUT2D eigenvalue weighted by molar-refractivity contribution is 0.0994. The summed E-state index contributed by atoms with van der Waals surface area (Å²) in [6.45, 7) is 4.96. The van der Waals surface area contributed by atoms with E-state index < -0.39 is 0 Å². The summed E-state index contributed by atoms with van der Waals surface area (Å²) >= 11 is 1.88. The molecule has 0 saturated carbocycles. The maximum absolute atomic E-state index is 4.63. The number of nitrogens with one attached hydrogen (secondary N) is 1. The molecule has 26 heavy (non-hydrogen) atoms. The zero-order valence-corrected chi connectivity index (χ0v) is 16.5. The van der Waals surface area contributed by atoms with Gasteiger partial charge < -0.3 is 15.1 Å². The second-order valence-corrected chi connectivity index (χ2v) is 9.33. The van der Waals surface area contributed by atoms with Crippen LogP contribution in [0.1, 0.15) is 42.5 Å². The Morgan fingerprint density at radius 2 is 1.85 bits per heavy atom. The van der Waals surface area contributed by atoms with Crippen LogP contribution in [0.3, 0.4) is 0 Å². The van der Waals surface area contributed by atoms with Crippen LogP contribution in [0.4, 0.5) is 5.82 Å². The van der Waals surface area contributed by atoms with Crippen molar-refractivity contribution in [2.24, 2.45) is 0 Å². The fourth-order valence-corrected chi connectivity index (χ4v) is 6.23. The molecule has 2 aliphatic heterocycles. The van der Waals surface area contributed by atoms with Gasteiger partial charge in [0.1, 0.15) is 17.0 Å². The summed E-state index contributed by atoms with van der Waals surface area (Å²) in [5, 5.41) is 5.11. The van der Waals surface area contributed by atoms with Crippen LogP contribution >= 0.6 is 11.3 Å². The molecule has 140 valence electrons. The van der Waals surface area contributed by atoms with Gasteiger partial charge in [0.05, 0.1) is 5.39 Å². The van der Waals surface area contributed by atoms with Gasteiger partial charge in [0.25, 0.3) is 0 Å². The molecule has 0 bridgehead atoms. The van der Waals surface area contributed by atoms with Crippen LogP contribution in [0.15, 0.2) is 6.33 Å². The number of fused-ring (bicyclic) bond motifs is 3. The highest BCUT2D eigenvalue weighted by Crippen LogP contribution is 2.39. The van der Waals surface area contributed by atoms with E-state index in [1.165, 1.54) is 86.9 Å². The molecular formula is C20H29N5S. The van der Waals surface area contributed by atoms with E-state index in [1.807, 2.05) is 11.3 Å². The van der Waals surface area contributed by atoms with Crippen molar-refractivity contribution >= 4 is 27.4 Å². The number of aryl methyl sites for hydroxylation is 2. The van der Waals surface area contributed by atoms with Crippen LogP contribution < -0.4 is 5.32 Å². The molecule has 0 spiro atoms. The topological polar surface area (TPSA) is 44.3 Å². The van der Waals surface area contributed by atoms with Crippen LogP contribution in [0, 0.1) is 0 Å². The molecule has 3 aliphatic rings. The van der Waals surface area contributed by atoms with Gasteiger partial charge in [-0.05, 0) is 70.6 Å². The predicted octanol–water partition coefficient (Wildman–Crippen LogP) is 3.15. The van der Waals surface area contributed by atoms with E-state index in [9.17, 15) is 0 Å². The zero-order valence-electron chi connectivity index (χ0n) is 15.7. The van der Waals surface area contributed by atoms with Crippen molar-refractivity contribution in [3.05, 3.63) is 16.8 Å². The van der Waals surface area contributed by atoms with Crippen molar-refractivity contribution in [2.45, 2.75) is 57.0 Å². The van der Waals surface area contributed by atoms with Crippen molar-refractivity contribution in [1.29, 1.82) is 0 Å². The number of anilines is 1. The molecule has 0 radical (unpaired) electrons. The minimum atomic E-state index is 0.549. The monoisotopic (exact) mass is 371 g/mol. The van der Waals surface area contributed by atoms with E-state index in [0.29, 0.717) is 6.04 Å². The zero-order chi connectivity index (χ0) is 17.5. The summed E-state index contributed by atoms with van der Waals surface area (Å²) in [7, 11) is 2.25.